The van der Waals surface area contributed by atoms with Gasteiger partial charge < -0.3 is 14.6 Å². The van der Waals surface area contributed by atoms with E-state index in [0.717, 1.165) is 11.6 Å². The van der Waals surface area contributed by atoms with E-state index in [0.29, 0.717) is 31.2 Å². The van der Waals surface area contributed by atoms with Gasteiger partial charge in [0.15, 0.2) is 5.82 Å². The maximum absolute atomic E-state index is 12.6. The number of hydrogen-bond donors (Lipinski definition) is 1. The van der Waals surface area contributed by atoms with Crippen molar-refractivity contribution in [2.45, 2.75) is 32.4 Å². The van der Waals surface area contributed by atoms with Crippen LogP contribution in [-0.2, 0) is 9.53 Å². The Morgan fingerprint density at radius 3 is 3.13 bits per heavy atom. The van der Waals surface area contributed by atoms with Gasteiger partial charge in [-0.3, -0.25) is 9.69 Å². The number of rotatable bonds is 5. The van der Waals surface area contributed by atoms with Crippen LogP contribution < -0.4 is 5.32 Å². The second kappa shape index (κ2) is 7.20. The maximum Gasteiger partial charge on any atom is 0.242 e. The monoisotopic (exact) mass is 336 g/mol. The van der Waals surface area contributed by atoms with E-state index < -0.39 is 0 Å². The first-order valence-electron chi connectivity index (χ1n) is 7.66. The first-order chi connectivity index (χ1) is 11.2. The molecule has 1 aliphatic rings. The first-order valence-corrected chi connectivity index (χ1v) is 8.54. The van der Waals surface area contributed by atoms with Gasteiger partial charge in [-0.15, -0.1) is 11.3 Å². The van der Waals surface area contributed by atoms with Gasteiger partial charge in [0, 0.05) is 30.7 Å². The van der Waals surface area contributed by atoms with Crippen molar-refractivity contribution in [2.24, 2.45) is 0 Å². The average molecular weight is 336 g/mol. The highest BCUT2D eigenvalue weighted by Crippen LogP contribution is 2.25. The molecular formula is C15H20N4O3S. The first kappa shape index (κ1) is 16.1. The van der Waals surface area contributed by atoms with Gasteiger partial charge in [0.05, 0.1) is 12.6 Å². The van der Waals surface area contributed by atoms with Crippen LogP contribution in [0, 0.1) is 6.92 Å². The summed E-state index contributed by atoms with van der Waals surface area (Å²) in [6.07, 6.45) is 2.42. The third-order valence-electron chi connectivity index (χ3n) is 3.83. The highest BCUT2D eigenvalue weighted by molar-refractivity contribution is 7.09. The number of aromatic nitrogens is 2. The lowest BCUT2D eigenvalue weighted by atomic mass is 10.1. The number of anilines is 1. The van der Waals surface area contributed by atoms with Crippen molar-refractivity contribution >= 4 is 23.1 Å². The molecule has 1 aliphatic heterocycles. The summed E-state index contributed by atoms with van der Waals surface area (Å²) in [4.78, 5) is 19.0. The Labute approximate surface area is 138 Å². The van der Waals surface area contributed by atoms with Crippen molar-refractivity contribution in [3.8, 4) is 0 Å². The Kier molecular flexibility index (Phi) is 5.04. The molecule has 2 aromatic rings. The van der Waals surface area contributed by atoms with E-state index in [1.165, 1.54) is 0 Å². The Morgan fingerprint density at radius 2 is 2.48 bits per heavy atom. The summed E-state index contributed by atoms with van der Waals surface area (Å²) in [5.41, 5.74) is 0. The molecule has 8 heteroatoms. The van der Waals surface area contributed by atoms with Crippen LogP contribution in [0.25, 0.3) is 0 Å². The SMILES string of the molecule is CCC(C(=O)Nc1cc(C)on1)N1CCOC(c2nccs2)C1. The second-order valence-electron chi connectivity index (χ2n) is 5.46. The van der Waals surface area contributed by atoms with Crippen LogP contribution in [0.1, 0.15) is 30.2 Å². The summed E-state index contributed by atoms with van der Waals surface area (Å²) >= 11 is 1.58. The van der Waals surface area contributed by atoms with Crippen molar-refractivity contribution in [3.05, 3.63) is 28.4 Å². The lowest BCUT2D eigenvalue weighted by Gasteiger charge is -2.36. The lowest BCUT2D eigenvalue weighted by Crippen LogP contribution is -2.49. The van der Waals surface area contributed by atoms with E-state index in [1.54, 1.807) is 30.5 Å². The third kappa shape index (κ3) is 3.77. The van der Waals surface area contributed by atoms with Crippen LogP contribution in [0.5, 0.6) is 0 Å². The molecule has 0 bridgehead atoms. The van der Waals surface area contributed by atoms with Crippen LogP contribution in [0.3, 0.4) is 0 Å². The Balaban J connectivity index is 1.66. The van der Waals surface area contributed by atoms with Crippen molar-refractivity contribution in [1.29, 1.82) is 0 Å². The van der Waals surface area contributed by atoms with Gasteiger partial charge >= 0.3 is 0 Å². The fourth-order valence-corrected chi connectivity index (χ4v) is 3.42. The molecule has 2 unspecified atom stereocenters. The number of ether oxygens (including phenoxy) is 1. The fourth-order valence-electron chi connectivity index (χ4n) is 2.74. The molecule has 1 saturated heterocycles. The highest BCUT2D eigenvalue weighted by atomic mass is 32.1. The minimum atomic E-state index is -0.224. The molecule has 0 radical (unpaired) electrons. The van der Waals surface area contributed by atoms with E-state index >= 15 is 0 Å². The number of morpholine rings is 1. The minimum Gasteiger partial charge on any atom is -0.368 e. The molecule has 23 heavy (non-hydrogen) atoms. The van der Waals surface area contributed by atoms with Gasteiger partial charge in [-0.2, -0.15) is 0 Å². The zero-order valence-electron chi connectivity index (χ0n) is 13.2. The molecule has 2 atom stereocenters. The molecule has 7 nitrogen and oxygen atoms in total. The summed E-state index contributed by atoms with van der Waals surface area (Å²) in [5.74, 6) is 1.06. The number of nitrogens with zero attached hydrogens (tertiary/aromatic N) is 3. The molecule has 1 amide bonds. The number of nitrogens with one attached hydrogen (secondary N) is 1. The lowest BCUT2D eigenvalue weighted by molar-refractivity contribution is -0.125. The third-order valence-corrected chi connectivity index (χ3v) is 4.70. The van der Waals surface area contributed by atoms with Gasteiger partial charge in [-0.1, -0.05) is 12.1 Å². The topological polar surface area (TPSA) is 80.5 Å². The molecule has 1 fully saturated rings. The predicted octanol–water partition coefficient (Wildman–Crippen LogP) is 2.23. The van der Waals surface area contributed by atoms with E-state index in [1.807, 2.05) is 12.3 Å². The number of hydrogen-bond acceptors (Lipinski definition) is 7. The normalized spacial score (nSPS) is 20.3. The van der Waals surface area contributed by atoms with Gasteiger partial charge in [0.25, 0.3) is 0 Å². The van der Waals surface area contributed by atoms with Crippen LogP contribution in [0.4, 0.5) is 5.82 Å². The van der Waals surface area contributed by atoms with Crippen LogP contribution in [0.15, 0.2) is 22.2 Å². The van der Waals surface area contributed by atoms with E-state index in [4.69, 9.17) is 9.26 Å². The minimum absolute atomic E-state index is 0.0689. The van der Waals surface area contributed by atoms with Gasteiger partial charge in [0.1, 0.15) is 16.9 Å². The van der Waals surface area contributed by atoms with Crippen molar-refractivity contribution in [1.82, 2.24) is 15.0 Å². The number of thiazole rings is 1. The molecule has 0 aromatic carbocycles. The number of carbonyl (C=O) groups excluding carboxylic acids is 1. The predicted molar refractivity (Wildman–Crippen MR) is 86.3 cm³/mol. The number of amides is 1. The standard InChI is InChI=1S/C15H20N4O3S/c1-3-11(14(20)17-13-8-10(2)22-18-13)19-5-6-21-12(9-19)15-16-4-7-23-15/h4,7-8,11-12H,3,5-6,9H2,1-2H3,(H,17,18,20). The maximum atomic E-state index is 12.6. The van der Waals surface area contributed by atoms with Crippen LogP contribution in [-0.4, -0.2) is 46.7 Å². The molecule has 124 valence electrons. The quantitative estimate of drug-likeness (QED) is 0.902. The summed E-state index contributed by atoms with van der Waals surface area (Å²) < 4.78 is 10.8. The van der Waals surface area contributed by atoms with E-state index in [9.17, 15) is 4.79 Å². The molecular weight excluding hydrogens is 316 g/mol. The van der Waals surface area contributed by atoms with Gasteiger partial charge in [0.2, 0.25) is 5.91 Å². The molecule has 1 N–H and O–H groups in total. The zero-order valence-corrected chi connectivity index (χ0v) is 14.0. The van der Waals surface area contributed by atoms with Crippen molar-refractivity contribution in [3.63, 3.8) is 0 Å². The highest BCUT2D eigenvalue weighted by Gasteiger charge is 2.31. The second-order valence-corrected chi connectivity index (χ2v) is 6.39. The molecule has 0 spiro atoms. The summed E-state index contributed by atoms with van der Waals surface area (Å²) in [6, 6.07) is 1.49. The fraction of sp³-hybridized carbons (Fsp3) is 0.533. The van der Waals surface area contributed by atoms with Crippen molar-refractivity contribution < 1.29 is 14.1 Å². The van der Waals surface area contributed by atoms with E-state index in [-0.39, 0.29) is 18.1 Å². The molecule has 0 saturated carbocycles. The number of carbonyl (C=O) groups is 1. The summed E-state index contributed by atoms with van der Waals surface area (Å²) in [5, 5.41) is 9.53. The smallest absolute Gasteiger partial charge is 0.242 e. The summed E-state index contributed by atoms with van der Waals surface area (Å²) in [7, 11) is 0. The Hall–Kier alpha value is -1.77. The molecule has 0 aliphatic carbocycles. The van der Waals surface area contributed by atoms with Gasteiger partial charge in [-0.25, -0.2) is 4.98 Å². The van der Waals surface area contributed by atoms with Crippen LogP contribution >= 0.6 is 11.3 Å². The van der Waals surface area contributed by atoms with E-state index in [2.05, 4.69) is 20.4 Å². The van der Waals surface area contributed by atoms with Gasteiger partial charge in [-0.05, 0) is 13.3 Å². The average Bonchev–Trinajstić information content (AvgIpc) is 3.20. The van der Waals surface area contributed by atoms with Crippen molar-refractivity contribution in [2.75, 3.05) is 25.0 Å². The summed E-state index contributed by atoms with van der Waals surface area (Å²) in [6.45, 7) is 5.78. The Bertz CT molecular complexity index is 643. The zero-order chi connectivity index (χ0) is 16.2. The molecule has 3 heterocycles. The molecule has 3 rings (SSSR count). The van der Waals surface area contributed by atoms with Crippen LogP contribution in [0.2, 0.25) is 0 Å². The number of aryl methyl sites for hydroxylation is 1. The largest absolute Gasteiger partial charge is 0.368 e. The molecule has 2 aromatic heterocycles. The Morgan fingerprint density at radius 1 is 1.61 bits per heavy atom.